The van der Waals surface area contributed by atoms with Gasteiger partial charge in [-0.05, 0) is 43.2 Å². The number of hydrogen-bond acceptors (Lipinski definition) is 3. The van der Waals surface area contributed by atoms with Crippen LogP contribution in [0.2, 0.25) is 0 Å². The average Bonchev–Trinajstić information content (AvgIpc) is 2.73. The Hall–Kier alpha value is -2.67. The van der Waals surface area contributed by atoms with E-state index in [1.165, 1.54) is 0 Å². The van der Waals surface area contributed by atoms with Crippen LogP contribution in [0.5, 0.6) is 0 Å². The van der Waals surface area contributed by atoms with E-state index in [0.29, 0.717) is 37.1 Å². The number of likely N-dealkylation sites (tertiary alicyclic amines) is 1. The van der Waals surface area contributed by atoms with E-state index >= 15 is 0 Å². The summed E-state index contributed by atoms with van der Waals surface area (Å²) in [7, 11) is 0. The molecule has 1 aliphatic heterocycles. The fourth-order valence-electron chi connectivity index (χ4n) is 3.13. The second-order valence-corrected chi connectivity index (χ2v) is 7.60. The van der Waals surface area contributed by atoms with E-state index < -0.39 is 0 Å². The van der Waals surface area contributed by atoms with Crippen LogP contribution in [0, 0.1) is 0 Å². The molecule has 146 valence electrons. The molecule has 1 aliphatic rings. The van der Waals surface area contributed by atoms with Gasteiger partial charge in [0.25, 0.3) is 11.8 Å². The first-order chi connectivity index (χ1) is 13.5. The lowest BCUT2D eigenvalue weighted by molar-refractivity contribution is -0.131. The Kier molecular flexibility index (Phi) is 6.81. The van der Waals surface area contributed by atoms with Gasteiger partial charge in [-0.1, -0.05) is 40.2 Å². The normalized spacial score (nSPS) is 14.4. The molecule has 1 fully saturated rings. The third kappa shape index (κ3) is 5.42. The summed E-state index contributed by atoms with van der Waals surface area (Å²) in [6.45, 7) is 1.09. The number of carbonyl (C=O) groups excluding carboxylic acids is 3. The minimum absolute atomic E-state index is 0.0353. The van der Waals surface area contributed by atoms with Gasteiger partial charge in [-0.3, -0.25) is 14.4 Å². The van der Waals surface area contributed by atoms with Gasteiger partial charge in [0.05, 0.1) is 6.54 Å². The Labute approximate surface area is 172 Å². The van der Waals surface area contributed by atoms with Crippen LogP contribution in [-0.2, 0) is 4.79 Å². The van der Waals surface area contributed by atoms with E-state index in [-0.39, 0.29) is 30.3 Å². The van der Waals surface area contributed by atoms with Crippen LogP contribution in [0.1, 0.15) is 33.6 Å². The Morgan fingerprint density at radius 3 is 2.29 bits per heavy atom. The van der Waals surface area contributed by atoms with Crippen molar-refractivity contribution in [1.29, 1.82) is 0 Å². The number of carbonyl (C=O) groups is 3. The van der Waals surface area contributed by atoms with Gasteiger partial charge in [-0.2, -0.15) is 0 Å². The van der Waals surface area contributed by atoms with Crippen molar-refractivity contribution in [3.8, 4) is 0 Å². The molecule has 1 heterocycles. The van der Waals surface area contributed by atoms with Crippen molar-refractivity contribution in [1.82, 2.24) is 15.5 Å². The van der Waals surface area contributed by atoms with Crippen LogP contribution < -0.4 is 10.6 Å². The Morgan fingerprint density at radius 1 is 0.929 bits per heavy atom. The van der Waals surface area contributed by atoms with E-state index in [1.54, 1.807) is 35.2 Å². The number of hydrogen-bond donors (Lipinski definition) is 2. The highest BCUT2D eigenvalue weighted by molar-refractivity contribution is 9.10. The molecule has 0 bridgehead atoms. The molecule has 6 nitrogen and oxygen atoms in total. The zero-order valence-electron chi connectivity index (χ0n) is 15.4. The highest BCUT2D eigenvalue weighted by Gasteiger charge is 2.24. The highest BCUT2D eigenvalue weighted by atomic mass is 79.9. The lowest BCUT2D eigenvalue weighted by Gasteiger charge is -2.32. The molecule has 7 heteroatoms. The van der Waals surface area contributed by atoms with E-state index in [9.17, 15) is 14.4 Å². The smallest absolute Gasteiger partial charge is 0.251 e. The van der Waals surface area contributed by atoms with Crippen molar-refractivity contribution in [2.24, 2.45) is 0 Å². The van der Waals surface area contributed by atoms with Crippen molar-refractivity contribution < 1.29 is 14.4 Å². The third-order valence-electron chi connectivity index (χ3n) is 4.71. The molecule has 0 saturated carbocycles. The van der Waals surface area contributed by atoms with Crippen LogP contribution in [0.15, 0.2) is 59.1 Å². The van der Waals surface area contributed by atoms with Crippen molar-refractivity contribution >= 4 is 33.7 Å². The van der Waals surface area contributed by atoms with Gasteiger partial charge in [0, 0.05) is 34.7 Å². The molecule has 0 aromatic heterocycles. The van der Waals surface area contributed by atoms with Crippen molar-refractivity contribution in [2.75, 3.05) is 19.6 Å². The average molecular weight is 444 g/mol. The highest BCUT2D eigenvalue weighted by Crippen LogP contribution is 2.13. The van der Waals surface area contributed by atoms with E-state index in [1.807, 2.05) is 24.3 Å². The van der Waals surface area contributed by atoms with Crippen LogP contribution in [0.4, 0.5) is 0 Å². The van der Waals surface area contributed by atoms with Crippen molar-refractivity contribution in [3.63, 3.8) is 0 Å². The minimum Gasteiger partial charge on any atom is -0.349 e. The SMILES string of the molecule is O=C(NCC(=O)N1CCC(NC(=O)c2ccccc2)CC1)c1cccc(Br)c1. The topological polar surface area (TPSA) is 78.5 Å². The Morgan fingerprint density at radius 2 is 1.61 bits per heavy atom. The molecule has 0 radical (unpaired) electrons. The minimum atomic E-state index is -0.278. The van der Waals surface area contributed by atoms with Gasteiger partial charge in [0.15, 0.2) is 0 Å². The molecule has 0 aliphatic carbocycles. The molecule has 3 amide bonds. The number of benzene rings is 2. The molecule has 1 saturated heterocycles. The Balaban J connectivity index is 1.42. The molecule has 0 atom stereocenters. The predicted molar refractivity (Wildman–Crippen MR) is 110 cm³/mol. The fourth-order valence-corrected chi connectivity index (χ4v) is 3.53. The molecule has 2 N–H and O–H groups in total. The van der Waals surface area contributed by atoms with Gasteiger partial charge < -0.3 is 15.5 Å². The van der Waals surface area contributed by atoms with Crippen LogP contribution in [0.25, 0.3) is 0 Å². The van der Waals surface area contributed by atoms with Gasteiger partial charge in [0.2, 0.25) is 5.91 Å². The van der Waals surface area contributed by atoms with Gasteiger partial charge >= 0.3 is 0 Å². The van der Waals surface area contributed by atoms with Crippen LogP contribution in [0.3, 0.4) is 0 Å². The maximum absolute atomic E-state index is 12.4. The molecule has 0 spiro atoms. The summed E-state index contributed by atoms with van der Waals surface area (Å²) in [5.74, 6) is -0.484. The molecule has 2 aromatic rings. The molecule has 3 rings (SSSR count). The summed E-state index contributed by atoms with van der Waals surface area (Å²) >= 11 is 3.33. The molecule has 0 unspecified atom stereocenters. The standard InChI is InChI=1S/C21H22BrN3O3/c22-17-8-4-7-16(13-17)20(27)23-14-19(26)25-11-9-18(10-12-25)24-21(28)15-5-2-1-3-6-15/h1-8,13,18H,9-12,14H2,(H,23,27)(H,24,28). The largest absolute Gasteiger partial charge is 0.349 e. The monoisotopic (exact) mass is 443 g/mol. The third-order valence-corrected chi connectivity index (χ3v) is 5.20. The summed E-state index contributed by atoms with van der Waals surface area (Å²) in [4.78, 5) is 38.5. The zero-order valence-corrected chi connectivity index (χ0v) is 16.9. The second-order valence-electron chi connectivity index (χ2n) is 6.69. The lowest BCUT2D eigenvalue weighted by Crippen LogP contribution is -2.49. The Bertz CT molecular complexity index is 849. The van der Waals surface area contributed by atoms with Crippen LogP contribution in [-0.4, -0.2) is 48.3 Å². The lowest BCUT2D eigenvalue weighted by atomic mass is 10.0. The summed E-state index contributed by atoms with van der Waals surface area (Å²) in [5, 5.41) is 5.69. The number of nitrogens with one attached hydrogen (secondary N) is 2. The molecular weight excluding hydrogens is 422 g/mol. The first-order valence-electron chi connectivity index (χ1n) is 9.20. The van der Waals surface area contributed by atoms with Crippen molar-refractivity contribution in [3.05, 3.63) is 70.2 Å². The molecule has 2 aromatic carbocycles. The zero-order chi connectivity index (χ0) is 19.9. The quantitative estimate of drug-likeness (QED) is 0.745. The number of rotatable bonds is 5. The number of nitrogens with zero attached hydrogens (tertiary/aromatic N) is 1. The summed E-state index contributed by atoms with van der Waals surface area (Å²) in [6.07, 6.45) is 1.40. The van der Waals surface area contributed by atoms with Gasteiger partial charge in [-0.15, -0.1) is 0 Å². The number of halogens is 1. The fraction of sp³-hybridized carbons (Fsp3) is 0.286. The summed E-state index contributed by atoms with van der Waals surface area (Å²) in [5.41, 5.74) is 1.14. The maximum atomic E-state index is 12.4. The predicted octanol–water partition coefficient (Wildman–Crippen LogP) is 2.60. The first kappa shape index (κ1) is 20.1. The number of piperidine rings is 1. The van der Waals surface area contributed by atoms with E-state index in [0.717, 1.165) is 4.47 Å². The second kappa shape index (κ2) is 9.50. The summed E-state index contributed by atoms with van der Waals surface area (Å²) in [6, 6.07) is 16.2. The number of amides is 3. The van der Waals surface area contributed by atoms with E-state index in [2.05, 4.69) is 26.6 Å². The summed E-state index contributed by atoms with van der Waals surface area (Å²) < 4.78 is 0.811. The van der Waals surface area contributed by atoms with Crippen LogP contribution >= 0.6 is 15.9 Å². The molecule has 28 heavy (non-hydrogen) atoms. The molecular formula is C21H22BrN3O3. The van der Waals surface area contributed by atoms with E-state index in [4.69, 9.17) is 0 Å². The first-order valence-corrected chi connectivity index (χ1v) is 9.99. The van der Waals surface area contributed by atoms with Gasteiger partial charge in [0.1, 0.15) is 0 Å². The van der Waals surface area contributed by atoms with Gasteiger partial charge in [-0.25, -0.2) is 0 Å². The van der Waals surface area contributed by atoms with Crippen molar-refractivity contribution in [2.45, 2.75) is 18.9 Å². The maximum Gasteiger partial charge on any atom is 0.251 e.